The lowest BCUT2D eigenvalue weighted by Gasteiger charge is -2.03. The van der Waals surface area contributed by atoms with Crippen molar-refractivity contribution < 1.29 is 4.74 Å². The molecule has 1 aromatic carbocycles. The first-order valence-electron chi connectivity index (χ1n) is 5.45. The van der Waals surface area contributed by atoms with Gasteiger partial charge in [-0.1, -0.05) is 0 Å². The molecule has 0 saturated carbocycles. The van der Waals surface area contributed by atoms with Gasteiger partial charge < -0.3 is 9.72 Å². The molecule has 1 aromatic heterocycles. The van der Waals surface area contributed by atoms with Crippen LogP contribution in [0.25, 0.3) is 10.9 Å². The van der Waals surface area contributed by atoms with Crippen molar-refractivity contribution in [3.8, 4) is 5.75 Å². The molecule has 0 bridgehead atoms. The third kappa shape index (κ3) is 2.36. The Labute approximate surface area is 99.0 Å². The Morgan fingerprint density at radius 1 is 1.41 bits per heavy atom. The molecule has 4 nitrogen and oxygen atoms in total. The van der Waals surface area contributed by atoms with Gasteiger partial charge in [-0.05, 0) is 31.2 Å². The van der Waals surface area contributed by atoms with E-state index in [1.165, 1.54) is 0 Å². The number of nitrogens with zero attached hydrogens (tertiary/aromatic N) is 1. The van der Waals surface area contributed by atoms with Crippen molar-refractivity contribution in [3.05, 3.63) is 40.2 Å². The highest BCUT2D eigenvalue weighted by Crippen LogP contribution is 2.18. The molecule has 0 radical (unpaired) electrons. The van der Waals surface area contributed by atoms with Gasteiger partial charge in [-0.25, -0.2) is 0 Å². The highest BCUT2D eigenvalue weighted by Gasteiger charge is 2.01. The van der Waals surface area contributed by atoms with E-state index in [9.17, 15) is 4.79 Å². The van der Waals surface area contributed by atoms with E-state index in [4.69, 9.17) is 4.74 Å². The summed E-state index contributed by atoms with van der Waals surface area (Å²) in [4.78, 5) is 18.6. The lowest BCUT2D eigenvalue weighted by molar-refractivity contribution is 0.415. The Morgan fingerprint density at radius 2 is 2.24 bits per heavy atom. The standard InChI is InChI=1S/C13H14N2O2/c1-3-14-8-10-6-9-7-11(17-2)4-5-12(9)15-13(10)16/h4-8H,3H2,1-2H3,(H,15,16). The van der Waals surface area contributed by atoms with Crippen LogP contribution in [0.5, 0.6) is 5.75 Å². The van der Waals surface area contributed by atoms with Gasteiger partial charge in [0.1, 0.15) is 5.75 Å². The summed E-state index contributed by atoms with van der Waals surface area (Å²) in [6.07, 6.45) is 1.59. The van der Waals surface area contributed by atoms with E-state index in [1.54, 1.807) is 13.3 Å². The molecule has 0 amide bonds. The molecule has 1 heterocycles. The average molecular weight is 230 g/mol. The normalized spacial score (nSPS) is 11.2. The Hall–Kier alpha value is -2.10. The fraction of sp³-hybridized carbons (Fsp3) is 0.231. The second-order valence-corrected chi connectivity index (χ2v) is 3.63. The average Bonchev–Trinajstić information content (AvgIpc) is 2.35. The van der Waals surface area contributed by atoms with E-state index in [2.05, 4.69) is 9.98 Å². The van der Waals surface area contributed by atoms with E-state index in [0.717, 1.165) is 16.7 Å². The molecule has 2 rings (SSSR count). The number of aliphatic imine (C=N–C) groups is 1. The maximum Gasteiger partial charge on any atom is 0.257 e. The zero-order valence-corrected chi connectivity index (χ0v) is 9.86. The van der Waals surface area contributed by atoms with Gasteiger partial charge >= 0.3 is 0 Å². The highest BCUT2D eigenvalue weighted by molar-refractivity contribution is 5.88. The minimum Gasteiger partial charge on any atom is -0.497 e. The number of fused-ring (bicyclic) bond motifs is 1. The Kier molecular flexibility index (Phi) is 3.23. The van der Waals surface area contributed by atoms with Crippen LogP contribution in [-0.2, 0) is 0 Å². The topological polar surface area (TPSA) is 54.4 Å². The summed E-state index contributed by atoms with van der Waals surface area (Å²) < 4.78 is 5.15. The van der Waals surface area contributed by atoms with Gasteiger partial charge in [0.05, 0.1) is 12.7 Å². The van der Waals surface area contributed by atoms with Crippen LogP contribution in [0.3, 0.4) is 0 Å². The predicted octanol–water partition coefficient (Wildman–Crippen LogP) is 1.98. The van der Waals surface area contributed by atoms with E-state index in [1.807, 2.05) is 31.2 Å². The van der Waals surface area contributed by atoms with Crippen molar-refractivity contribution in [2.75, 3.05) is 13.7 Å². The number of ether oxygens (including phenoxy) is 1. The predicted molar refractivity (Wildman–Crippen MR) is 69.3 cm³/mol. The van der Waals surface area contributed by atoms with Gasteiger partial charge in [-0.3, -0.25) is 9.79 Å². The molecular formula is C13H14N2O2. The molecule has 1 N–H and O–H groups in total. The van der Waals surface area contributed by atoms with Crippen molar-refractivity contribution >= 4 is 17.1 Å². The summed E-state index contributed by atoms with van der Waals surface area (Å²) in [5.74, 6) is 0.767. The molecule has 4 heteroatoms. The molecule has 0 unspecified atom stereocenters. The lowest BCUT2D eigenvalue weighted by Crippen LogP contribution is -2.11. The summed E-state index contributed by atoms with van der Waals surface area (Å²) in [5.41, 5.74) is 1.23. The van der Waals surface area contributed by atoms with Gasteiger partial charge in [0.2, 0.25) is 0 Å². The number of H-pyrrole nitrogens is 1. The summed E-state index contributed by atoms with van der Waals surface area (Å²) in [5, 5.41) is 0.932. The smallest absolute Gasteiger partial charge is 0.257 e. The van der Waals surface area contributed by atoms with Gasteiger partial charge in [0, 0.05) is 23.7 Å². The molecule has 0 saturated heterocycles. The summed E-state index contributed by atoms with van der Waals surface area (Å²) in [7, 11) is 1.62. The number of pyridine rings is 1. The lowest BCUT2D eigenvalue weighted by atomic mass is 10.1. The maximum atomic E-state index is 11.7. The number of methoxy groups -OCH3 is 1. The number of hydrogen-bond donors (Lipinski definition) is 1. The number of aromatic amines is 1. The van der Waals surface area contributed by atoms with Crippen LogP contribution < -0.4 is 10.3 Å². The minimum absolute atomic E-state index is 0.125. The van der Waals surface area contributed by atoms with Gasteiger partial charge in [-0.2, -0.15) is 0 Å². The first kappa shape index (κ1) is 11.4. The molecule has 0 aliphatic rings. The first-order chi connectivity index (χ1) is 8.24. The quantitative estimate of drug-likeness (QED) is 0.820. The third-order valence-electron chi connectivity index (χ3n) is 2.49. The first-order valence-corrected chi connectivity index (χ1v) is 5.45. The second-order valence-electron chi connectivity index (χ2n) is 3.63. The van der Waals surface area contributed by atoms with E-state index in [-0.39, 0.29) is 5.56 Å². The van der Waals surface area contributed by atoms with Gasteiger partial charge in [0.25, 0.3) is 5.56 Å². The Morgan fingerprint density at radius 3 is 2.94 bits per heavy atom. The fourth-order valence-corrected chi connectivity index (χ4v) is 1.61. The van der Waals surface area contributed by atoms with Crippen LogP contribution in [0.2, 0.25) is 0 Å². The van der Waals surface area contributed by atoms with E-state index in [0.29, 0.717) is 12.1 Å². The van der Waals surface area contributed by atoms with Crippen LogP contribution in [0.1, 0.15) is 12.5 Å². The SMILES string of the molecule is CCN=Cc1cc2cc(OC)ccc2[nH]c1=O. The van der Waals surface area contributed by atoms with E-state index >= 15 is 0 Å². The fourth-order valence-electron chi connectivity index (χ4n) is 1.61. The Bertz CT molecular complexity index is 614. The molecule has 0 spiro atoms. The number of aromatic nitrogens is 1. The summed E-state index contributed by atoms with van der Waals surface area (Å²) >= 11 is 0. The van der Waals surface area contributed by atoms with Crippen LogP contribution >= 0.6 is 0 Å². The van der Waals surface area contributed by atoms with Crippen molar-refractivity contribution in [2.24, 2.45) is 4.99 Å². The molecule has 2 aromatic rings. The number of hydrogen-bond acceptors (Lipinski definition) is 3. The van der Waals surface area contributed by atoms with Crippen molar-refractivity contribution in [3.63, 3.8) is 0 Å². The minimum atomic E-state index is -0.125. The van der Waals surface area contributed by atoms with Gasteiger partial charge in [-0.15, -0.1) is 0 Å². The second kappa shape index (κ2) is 4.82. The molecule has 0 aliphatic carbocycles. The van der Waals surface area contributed by atoms with Crippen molar-refractivity contribution in [1.82, 2.24) is 4.98 Å². The molecule has 0 atom stereocenters. The zero-order valence-electron chi connectivity index (χ0n) is 9.86. The van der Waals surface area contributed by atoms with Crippen molar-refractivity contribution in [2.45, 2.75) is 6.92 Å². The monoisotopic (exact) mass is 230 g/mol. The van der Waals surface area contributed by atoms with Gasteiger partial charge in [0.15, 0.2) is 0 Å². The summed E-state index contributed by atoms with van der Waals surface area (Å²) in [6, 6.07) is 7.35. The number of rotatable bonds is 3. The molecule has 17 heavy (non-hydrogen) atoms. The third-order valence-corrected chi connectivity index (χ3v) is 2.49. The highest BCUT2D eigenvalue weighted by atomic mass is 16.5. The van der Waals surface area contributed by atoms with Crippen LogP contribution in [0, 0.1) is 0 Å². The number of benzene rings is 1. The van der Waals surface area contributed by atoms with Crippen LogP contribution in [0.15, 0.2) is 34.1 Å². The van der Waals surface area contributed by atoms with Crippen LogP contribution in [0.4, 0.5) is 0 Å². The van der Waals surface area contributed by atoms with Crippen LogP contribution in [-0.4, -0.2) is 24.9 Å². The molecule has 0 aliphatic heterocycles. The van der Waals surface area contributed by atoms with Crippen molar-refractivity contribution in [1.29, 1.82) is 0 Å². The molecule has 88 valence electrons. The zero-order chi connectivity index (χ0) is 12.3. The summed E-state index contributed by atoms with van der Waals surface area (Å²) in [6.45, 7) is 2.59. The van der Waals surface area contributed by atoms with E-state index < -0.39 is 0 Å². The Balaban J connectivity index is 2.60. The molecular weight excluding hydrogens is 216 g/mol. The molecule has 0 fully saturated rings. The number of nitrogens with one attached hydrogen (secondary N) is 1. The maximum absolute atomic E-state index is 11.7. The largest absolute Gasteiger partial charge is 0.497 e.